The normalized spacial score (nSPS) is 32.4. The van der Waals surface area contributed by atoms with Gasteiger partial charge in [-0.05, 0) is 49.7 Å². The van der Waals surface area contributed by atoms with Crippen LogP contribution in [0, 0.1) is 17.8 Å². The lowest BCUT2D eigenvalue weighted by molar-refractivity contribution is -0.128. The fourth-order valence-corrected chi connectivity index (χ4v) is 5.64. The highest BCUT2D eigenvalue weighted by atomic mass is 35.5. The average Bonchev–Trinajstić information content (AvgIpc) is 3.10. The van der Waals surface area contributed by atoms with Crippen LogP contribution < -0.4 is 25.4 Å². The Labute approximate surface area is 183 Å². The number of nitrogens with zero attached hydrogens (tertiary/aromatic N) is 1. The number of amides is 2. The topological polar surface area (TPSA) is 93.9 Å². The number of rotatable bonds is 3. The molecular weight excluding hydrogens is 406 g/mol. The van der Waals surface area contributed by atoms with Gasteiger partial charge in [0.25, 0.3) is 0 Å². The molecule has 2 heterocycles. The Bertz CT molecular complexity index is 806. The van der Waals surface area contributed by atoms with E-state index in [9.17, 15) is 9.59 Å². The molecule has 2 aliphatic carbocycles. The second-order valence-electron chi connectivity index (χ2n) is 8.95. The number of carbonyl (C=O) groups is 2. The minimum absolute atomic E-state index is 0. The molecule has 1 saturated heterocycles. The number of benzene rings is 1. The molecule has 0 radical (unpaired) electrons. The monoisotopic (exact) mass is 435 g/mol. The molecule has 5 rings (SSSR count). The lowest BCUT2D eigenvalue weighted by atomic mass is 9.67. The zero-order valence-electron chi connectivity index (χ0n) is 17.0. The summed E-state index contributed by atoms with van der Waals surface area (Å²) in [6.45, 7) is 1.44. The van der Waals surface area contributed by atoms with E-state index < -0.39 is 0 Å². The van der Waals surface area contributed by atoms with Crippen LogP contribution in [0.3, 0.4) is 0 Å². The Hall–Kier alpha value is -1.99. The van der Waals surface area contributed by atoms with Crippen molar-refractivity contribution in [2.24, 2.45) is 23.5 Å². The van der Waals surface area contributed by atoms with Crippen LogP contribution in [0.15, 0.2) is 18.2 Å². The Morgan fingerprint density at radius 2 is 1.80 bits per heavy atom. The maximum absolute atomic E-state index is 13.0. The Morgan fingerprint density at radius 3 is 2.53 bits per heavy atom. The van der Waals surface area contributed by atoms with Crippen molar-refractivity contribution in [3.63, 3.8) is 0 Å². The van der Waals surface area contributed by atoms with Gasteiger partial charge in [0.2, 0.25) is 11.8 Å². The maximum Gasteiger partial charge on any atom is 0.227 e. The maximum atomic E-state index is 13.0. The van der Waals surface area contributed by atoms with Crippen LogP contribution in [-0.4, -0.2) is 43.7 Å². The van der Waals surface area contributed by atoms with Crippen LogP contribution in [0.1, 0.15) is 38.5 Å². The molecule has 0 aromatic heterocycles. The molecule has 1 aromatic rings. The van der Waals surface area contributed by atoms with Crippen molar-refractivity contribution in [1.29, 1.82) is 0 Å². The van der Waals surface area contributed by atoms with E-state index in [0.717, 1.165) is 31.4 Å². The summed E-state index contributed by atoms with van der Waals surface area (Å²) < 4.78 is 11.2. The molecule has 2 bridgehead atoms. The van der Waals surface area contributed by atoms with Crippen LogP contribution in [0.25, 0.3) is 0 Å². The van der Waals surface area contributed by atoms with Crippen molar-refractivity contribution in [3.8, 4) is 11.5 Å². The number of anilines is 1. The van der Waals surface area contributed by atoms with Gasteiger partial charge < -0.3 is 25.4 Å². The molecule has 2 aliphatic heterocycles. The second-order valence-corrected chi connectivity index (χ2v) is 8.95. The average molecular weight is 436 g/mol. The summed E-state index contributed by atoms with van der Waals surface area (Å²) in [5.74, 6) is 1.99. The van der Waals surface area contributed by atoms with Gasteiger partial charge in [0.05, 0.1) is 5.92 Å². The summed E-state index contributed by atoms with van der Waals surface area (Å²) in [6.07, 6.45) is 5.75. The zero-order chi connectivity index (χ0) is 20.0. The standard InChI is InChI=1S/C22H29N3O4.ClH/c23-16-8-13-2-1-3-14(9-16)21(13)24-22(27)15-10-20(26)25(12-15)17-4-5-18-19(11-17)29-7-6-28-18;/h4-5,11,13-16,21H,1-3,6-10,12,23H2,(H,24,27);1H. The Morgan fingerprint density at radius 1 is 1.10 bits per heavy atom. The van der Waals surface area contributed by atoms with Gasteiger partial charge in [0.1, 0.15) is 13.2 Å². The molecule has 3 unspecified atom stereocenters. The third-order valence-corrected chi connectivity index (χ3v) is 7.02. The van der Waals surface area contributed by atoms with Gasteiger partial charge >= 0.3 is 0 Å². The van der Waals surface area contributed by atoms with Crippen LogP contribution in [-0.2, 0) is 9.59 Å². The van der Waals surface area contributed by atoms with E-state index in [-0.39, 0.29) is 48.6 Å². The third-order valence-electron chi connectivity index (χ3n) is 7.02. The number of halogens is 1. The van der Waals surface area contributed by atoms with Gasteiger partial charge in [-0.2, -0.15) is 0 Å². The number of hydrogen-bond donors (Lipinski definition) is 2. The van der Waals surface area contributed by atoms with E-state index in [1.807, 2.05) is 18.2 Å². The van der Waals surface area contributed by atoms with Crippen molar-refractivity contribution in [2.45, 2.75) is 50.6 Å². The Balaban J connectivity index is 0.00000218. The van der Waals surface area contributed by atoms with Gasteiger partial charge in [-0.3, -0.25) is 9.59 Å². The second kappa shape index (κ2) is 8.63. The molecular formula is C22H30ClN3O4. The lowest BCUT2D eigenvalue weighted by Crippen LogP contribution is -2.54. The first-order valence-electron chi connectivity index (χ1n) is 10.8. The molecule has 3 fully saturated rings. The number of nitrogens with two attached hydrogens (primary N) is 1. The van der Waals surface area contributed by atoms with Crippen LogP contribution in [0.2, 0.25) is 0 Å². The summed E-state index contributed by atoms with van der Waals surface area (Å²) in [5.41, 5.74) is 6.97. The predicted molar refractivity (Wildman–Crippen MR) is 115 cm³/mol. The number of hydrogen-bond acceptors (Lipinski definition) is 5. The van der Waals surface area contributed by atoms with E-state index >= 15 is 0 Å². The van der Waals surface area contributed by atoms with E-state index in [4.69, 9.17) is 15.2 Å². The highest BCUT2D eigenvalue weighted by Crippen LogP contribution is 2.40. The van der Waals surface area contributed by atoms with E-state index in [1.165, 1.54) is 6.42 Å². The molecule has 8 heteroatoms. The first kappa shape index (κ1) is 21.2. The van der Waals surface area contributed by atoms with Crippen molar-refractivity contribution >= 4 is 29.9 Å². The van der Waals surface area contributed by atoms with Crippen molar-refractivity contribution in [2.75, 3.05) is 24.7 Å². The summed E-state index contributed by atoms with van der Waals surface area (Å²) in [7, 11) is 0. The molecule has 4 aliphatic rings. The van der Waals surface area contributed by atoms with Crippen LogP contribution in [0.5, 0.6) is 11.5 Å². The lowest BCUT2D eigenvalue weighted by Gasteiger charge is -2.45. The predicted octanol–water partition coefficient (Wildman–Crippen LogP) is 2.25. The molecule has 164 valence electrons. The van der Waals surface area contributed by atoms with Crippen molar-refractivity contribution < 1.29 is 19.1 Å². The minimum atomic E-state index is -0.313. The molecule has 0 spiro atoms. The fraction of sp³-hybridized carbons (Fsp3) is 0.636. The summed E-state index contributed by atoms with van der Waals surface area (Å²) in [4.78, 5) is 27.4. The van der Waals surface area contributed by atoms with Crippen molar-refractivity contribution in [3.05, 3.63) is 18.2 Å². The largest absolute Gasteiger partial charge is 0.486 e. The Kier molecular flexibility index (Phi) is 6.11. The van der Waals surface area contributed by atoms with Gasteiger partial charge in [-0.1, -0.05) is 6.42 Å². The number of ether oxygens (including phenoxy) is 2. The van der Waals surface area contributed by atoms with Gasteiger partial charge in [-0.25, -0.2) is 0 Å². The summed E-state index contributed by atoms with van der Waals surface area (Å²) in [6, 6.07) is 6.00. The SMILES string of the molecule is Cl.NC1CC2CCCC(C1)C2NC(=O)C1CC(=O)N(c2ccc3c(c2)OCCO3)C1. The van der Waals surface area contributed by atoms with Crippen LogP contribution >= 0.6 is 12.4 Å². The molecule has 3 atom stereocenters. The molecule has 1 aromatic carbocycles. The van der Waals surface area contributed by atoms with E-state index in [0.29, 0.717) is 43.1 Å². The quantitative estimate of drug-likeness (QED) is 0.759. The third kappa shape index (κ3) is 3.97. The first-order chi connectivity index (χ1) is 14.1. The highest BCUT2D eigenvalue weighted by molar-refractivity contribution is 6.00. The number of fused-ring (bicyclic) bond motifs is 3. The highest BCUT2D eigenvalue weighted by Gasteiger charge is 2.42. The van der Waals surface area contributed by atoms with Crippen molar-refractivity contribution in [1.82, 2.24) is 5.32 Å². The molecule has 2 saturated carbocycles. The minimum Gasteiger partial charge on any atom is -0.486 e. The molecule has 7 nitrogen and oxygen atoms in total. The van der Waals surface area contributed by atoms with Crippen LogP contribution in [0.4, 0.5) is 5.69 Å². The first-order valence-corrected chi connectivity index (χ1v) is 10.8. The smallest absolute Gasteiger partial charge is 0.227 e. The summed E-state index contributed by atoms with van der Waals surface area (Å²) in [5, 5.41) is 3.31. The van der Waals surface area contributed by atoms with E-state index in [2.05, 4.69) is 5.32 Å². The van der Waals surface area contributed by atoms with Gasteiger partial charge in [0.15, 0.2) is 11.5 Å². The molecule has 2 amide bonds. The van der Waals surface area contributed by atoms with Gasteiger partial charge in [0, 0.05) is 36.8 Å². The number of nitrogens with one attached hydrogen (secondary N) is 1. The molecule has 3 N–H and O–H groups in total. The van der Waals surface area contributed by atoms with E-state index in [1.54, 1.807) is 4.90 Å². The summed E-state index contributed by atoms with van der Waals surface area (Å²) >= 11 is 0. The number of carbonyl (C=O) groups excluding carboxylic acids is 2. The fourth-order valence-electron chi connectivity index (χ4n) is 5.64. The molecule has 30 heavy (non-hydrogen) atoms. The zero-order valence-corrected chi connectivity index (χ0v) is 17.9. The van der Waals surface area contributed by atoms with Gasteiger partial charge in [-0.15, -0.1) is 12.4 Å².